The van der Waals surface area contributed by atoms with E-state index in [1.807, 2.05) is 0 Å². The monoisotopic (exact) mass is 268 g/mol. The minimum absolute atomic E-state index is 0.151. The molecule has 0 saturated carbocycles. The second-order valence-corrected chi connectivity index (χ2v) is 4.33. The molecule has 9 heteroatoms. The standard InChI is InChI=1S/C10H12N4O5/c15-5(7-11-12-7)1-3-10(19,9(17)18)4-2-6(16)8-13-14-8/h19H,1-4H2,(H,11,12)(H,13,14)(H,17,18). The summed E-state index contributed by atoms with van der Waals surface area (Å²) in [5.74, 6) is -1.82. The van der Waals surface area contributed by atoms with Gasteiger partial charge in [-0.25, -0.2) is 4.79 Å². The van der Waals surface area contributed by atoms with Gasteiger partial charge in [-0.2, -0.15) is 10.2 Å². The highest BCUT2D eigenvalue weighted by Gasteiger charge is 2.38. The number of ketones is 2. The van der Waals surface area contributed by atoms with Gasteiger partial charge in [-0.3, -0.25) is 20.4 Å². The van der Waals surface area contributed by atoms with Gasteiger partial charge in [-0.1, -0.05) is 0 Å². The summed E-state index contributed by atoms with van der Waals surface area (Å²) in [7, 11) is 0. The van der Waals surface area contributed by atoms with Crippen LogP contribution >= 0.6 is 0 Å². The van der Waals surface area contributed by atoms with E-state index in [9.17, 15) is 19.5 Å². The summed E-state index contributed by atoms with van der Waals surface area (Å²) in [6.45, 7) is 0. The maximum Gasteiger partial charge on any atom is 0.335 e. The van der Waals surface area contributed by atoms with Crippen LogP contribution in [-0.2, 0) is 14.4 Å². The SMILES string of the molecule is O=C(CCC(O)(CCC(=O)C1=NN1)C(=O)O)C1=NN1. The van der Waals surface area contributed by atoms with Crippen molar-refractivity contribution in [3.63, 3.8) is 0 Å². The second-order valence-electron chi connectivity index (χ2n) is 4.33. The Morgan fingerprint density at radius 3 is 1.63 bits per heavy atom. The first kappa shape index (κ1) is 13.1. The molecule has 2 aliphatic rings. The molecule has 0 aromatic rings. The first-order chi connectivity index (χ1) is 8.92. The fraction of sp³-hybridized carbons (Fsp3) is 0.500. The molecule has 0 atom stereocenters. The van der Waals surface area contributed by atoms with E-state index in [0.717, 1.165) is 0 Å². The molecule has 0 saturated heterocycles. The zero-order valence-electron chi connectivity index (χ0n) is 9.84. The maximum atomic E-state index is 11.3. The molecule has 0 aromatic heterocycles. The first-order valence-corrected chi connectivity index (χ1v) is 5.62. The Balaban J connectivity index is 1.86. The molecule has 2 heterocycles. The lowest BCUT2D eigenvalue weighted by atomic mass is 9.90. The van der Waals surface area contributed by atoms with Gasteiger partial charge < -0.3 is 10.2 Å². The van der Waals surface area contributed by atoms with Crippen LogP contribution in [-0.4, -0.2) is 45.0 Å². The van der Waals surface area contributed by atoms with Crippen molar-refractivity contribution in [2.75, 3.05) is 0 Å². The summed E-state index contributed by atoms with van der Waals surface area (Å²) in [6, 6.07) is 0. The molecule has 0 fully saturated rings. The minimum Gasteiger partial charge on any atom is -0.479 e. The van der Waals surface area contributed by atoms with Gasteiger partial charge in [-0.05, 0) is 12.8 Å². The third-order valence-corrected chi connectivity index (χ3v) is 2.90. The molecule has 0 bridgehead atoms. The highest BCUT2D eigenvalue weighted by atomic mass is 16.4. The van der Waals surface area contributed by atoms with E-state index in [1.165, 1.54) is 0 Å². The van der Waals surface area contributed by atoms with Gasteiger partial charge >= 0.3 is 5.97 Å². The van der Waals surface area contributed by atoms with Crippen molar-refractivity contribution < 1.29 is 24.6 Å². The van der Waals surface area contributed by atoms with Gasteiger partial charge in [0, 0.05) is 12.8 Å². The zero-order chi connectivity index (χ0) is 14.0. The minimum atomic E-state index is -2.10. The highest BCUT2D eigenvalue weighted by Crippen LogP contribution is 2.21. The Morgan fingerprint density at radius 1 is 1.00 bits per heavy atom. The van der Waals surface area contributed by atoms with E-state index in [1.54, 1.807) is 0 Å². The molecule has 0 spiro atoms. The number of carbonyl (C=O) groups is 3. The lowest BCUT2D eigenvalue weighted by molar-refractivity contribution is -0.160. The van der Waals surface area contributed by atoms with Crippen molar-refractivity contribution in [3.8, 4) is 0 Å². The number of carbonyl (C=O) groups excluding carboxylic acids is 2. The molecular weight excluding hydrogens is 256 g/mol. The molecule has 19 heavy (non-hydrogen) atoms. The number of hydrazone groups is 2. The molecule has 0 aromatic carbocycles. The van der Waals surface area contributed by atoms with Gasteiger partial charge in [-0.15, -0.1) is 0 Å². The van der Waals surface area contributed by atoms with Crippen molar-refractivity contribution in [1.29, 1.82) is 0 Å². The molecule has 9 nitrogen and oxygen atoms in total. The quantitative estimate of drug-likeness (QED) is 0.389. The van der Waals surface area contributed by atoms with Gasteiger partial charge in [0.2, 0.25) is 23.2 Å². The van der Waals surface area contributed by atoms with Crippen LogP contribution in [0, 0.1) is 0 Å². The van der Waals surface area contributed by atoms with E-state index in [0.29, 0.717) is 0 Å². The second kappa shape index (κ2) is 4.76. The molecule has 2 rings (SSSR count). The number of nitrogens with one attached hydrogen (secondary N) is 2. The van der Waals surface area contributed by atoms with E-state index >= 15 is 0 Å². The summed E-state index contributed by atoms with van der Waals surface area (Å²) in [5.41, 5.74) is 2.62. The number of carboxylic acid groups (broad SMARTS) is 1. The number of Topliss-reactive ketones (excluding diaryl/α,β-unsaturated/α-hetero) is 2. The molecule has 0 aliphatic carbocycles. The van der Waals surface area contributed by atoms with E-state index < -0.39 is 11.6 Å². The molecule has 4 N–H and O–H groups in total. The highest BCUT2D eigenvalue weighted by molar-refractivity contribution is 6.43. The Bertz CT molecular complexity index is 474. The fourth-order valence-electron chi connectivity index (χ4n) is 1.52. The number of hydrogen-bond donors (Lipinski definition) is 4. The number of aliphatic hydroxyl groups is 1. The van der Waals surface area contributed by atoms with Crippen LogP contribution in [0.5, 0.6) is 0 Å². The summed E-state index contributed by atoms with van der Waals surface area (Å²) < 4.78 is 0. The Hall–Kier alpha value is -2.29. The topological polar surface area (TPSA) is 160 Å². The van der Waals surface area contributed by atoms with Gasteiger partial charge in [0.1, 0.15) is 0 Å². The molecular formula is C10H12N4O5. The summed E-state index contributed by atoms with van der Waals surface area (Å²) in [6.07, 6.45) is -0.839. The van der Waals surface area contributed by atoms with E-state index in [-0.39, 0.29) is 48.9 Å². The lowest BCUT2D eigenvalue weighted by Crippen LogP contribution is -2.40. The predicted molar refractivity (Wildman–Crippen MR) is 62.2 cm³/mol. The molecule has 0 radical (unpaired) electrons. The largest absolute Gasteiger partial charge is 0.479 e. The summed E-state index contributed by atoms with van der Waals surface area (Å²) in [5, 5.41) is 25.9. The summed E-state index contributed by atoms with van der Waals surface area (Å²) >= 11 is 0. The zero-order valence-corrected chi connectivity index (χ0v) is 9.84. The van der Waals surface area contributed by atoms with Crippen molar-refractivity contribution >= 4 is 29.2 Å². The van der Waals surface area contributed by atoms with Gasteiger partial charge in [0.15, 0.2) is 5.60 Å². The number of amidine groups is 2. The molecule has 0 unspecified atom stereocenters. The Labute approximate surface area is 107 Å². The number of rotatable bonds is 9. The van der Waals surface area contributed by atoms with Crippen LogP contribution in [0.15, 0.2) is 10.2 Å². The average molecular weight is 268 g/mol. The van der Waals surface area contributed by atoms with Crippen LogP contribution in [0.25, 0.3) is 0 Å². The number of hydrogen-bond acceptors (Lipinski definition) is 8. The van der Waals surface area contributed by atoms with Gasteiger partial charge in [0.25, 0.3) is 0 Å². The third-order valence-electron chi connectivity index (χ3n) is 2.90. The van der Waals surface area contributed by atoms with Crippen molar-refractivity contribution in [1.82, 2.24) is 10.9 Å². The van der Waals surface area contributed by atoms with E-state index in [4.69, 9.17) is 5.11 Å². The Morgan fingerprint density at radius 2 is 1.37 bits per heavy atom. The first-order valence-electron chi connectivity index (χ1n) is 5.62. The molecule has 102 valence electrons. The average Bonchev–Trinajstić information content (AvgIpc) is 3.22. The Kier molecular flexibility index (Phi) is 3.30. The van der Waals surface area contributed by atoms with Gasteiger partial charge in [0.05, 0.1) is 0 Å². The van der Waals surface area contributed by atoms with Crippen LogP contribution < -0.4 is 10.9 Å². The normalized spacial score (nSPS) is 15.6. The van der Waals surface area contributed by atoms with Crippen molar-refractivity contribution in [3.05, 3.63) is 0 Å². The maximum absolute atomic E-state index is 11.3. The van der Waals surface area contributed by atoms with Crippen molar-refractivity contribution in [2.45, 2.75) is 31.3 Å². The number of carboxylic acids is 1. The third kappa shape index (κ3) is 3.35. The van der Waals surface area contributed by atoms with E-state index in [2.05, 4.69) is 21.1 Å². The number of aliphatic carboxylic acids is 1. The summed E-state index contributed by atoms with van der Waals surface area (Å²) in [4.78, 5) is 33.7. The van der Waals surface area contributed by atoms with Crippen LogP contribution in [0.2, 0.25) is 0 Å². The number of nitrogens with zero attached hydrogens (tertiary/aromatic N) is 2. The van der Waals surface area contributed by atoms with Crippen LogP contribution in [0.4, 0.5) is 0 Å². The molecule has 2 aliphatic heterocycles. The smallest absolute Gasteiger partial charge is 0.335 e. The lowest BCUT2D eigenvalue weighted by Gasteiger charge is -2.22. The predicted octanol–water partition coefficient (Wildman–Crippen LogP) is -1.67. The van der Waals surface area contributed by atoms with Crippen LogP contribution in [0.3, 0.4) is 0 Å². The van der Waals surface area contributed by atoms with Crippen molar-refractivity contribution in [2.24, 2.45) is 10.2 Å². The fourth-order valence-corrected chi connectivity index (χ4v) is 1.52. The molecule has 0 amide bonds. The van der Waals surface area contributed by atoms with Crippen LogP contribution in [0.1, 0.15) is 25.7 Å².